The predicted molar refractivity (Wildman–Crippen MR) is 76.0 cm³/mol. The van der Waals surface area contributed by atoms with Crippen molar-refractivity contribution in [3.8, 4) is 11.3 Å². The first-order chi connectivity index (χ1) is 8.52. The topological polar surface area (TPSA) is 51.8 Å². The molecule has 3 nitrogen and oxygen atoms in total. The van der Waals surface area contributed by atoms with Crippen LogP contribution in [0.2, 0.25) is 10.0 Å². The van der Waals surface area contributed by atoms with Crippen molar-refractivity contribution in [2.75, 3.05) is 5.73 Å². The molecule has 0 atom stereocenters. The molecule has 0 aliphatic rings. The lowest BCUT2D eigenvalue weighted by molar-refractivity contribution is 0.993. The van der Waals surface area contributed by atoms with Gasteiger partial charge in [0.05, 0.1) is 22.1 Å². The van der Waals surface area contributed by atoms with Crippen molar-refractivity contribution in [3.05, 3.63) is 39.6 Å². The predicted octanol–water partition coefficient (Wildman–Crippen LogP) is 3.90. The third kappa shape index (κ3) is 2.42. The lowest BCUT2D eigenvalue weighted by atomic mass is 10.1. The van der Waals surface area contributed by atoms with Crippen LogP contribution in [0.4, 0.5) is 5.82 Å². The van der Waals surface area contributed by atoms with E-state index in [0.717, 1.165) is 29.1 Å². The summed E-state index contributed by atoms with van der Waals surface area (Å²) in [5.74, 6) is 0.476. The van der Waals surface area contributed by atoms with E-state index in [9.17, 15) is 0 Å². The zero-order chi connectivity index (χ0) is 13.3. The fraction of sp³-hybridized carbons (Fsp3) is 0.231. The average Bonchev–Trinajstić information content (AvgIpc) is 2.30. The minimum Gasteiger partial charge on any atom is -0.382 e. The molecule has 0 bridgehead atoms. The van der Waals surface area contributed by atoms with Gasteiger partial charge in [-0.3, -0.25) is 0 Å². The SMILES string of the molecule is CCc1nc(-c2ccc(Cl)cc2Cl)c(C)nc1N. The van der Waals surface area contributed by atoms with Crippen LogP contribution in [0.1, 0.15) is 18.3 Å². The standard InChI is InChI=1S/C13H13Cl2N3/c1-3-11-13(16)17-7(2)12(18-11)9-5-4-8(14)6-10(9)15/h4-6H,3H2,1-2H3,(H2,16,17). The summed E-state index contributed by atoms with van der Waals surface area (Å²) in [5, 5.41) is 1.16. The number of hydrogen-bond acceptors (Lipinski definition) is 3. The summed E-state index contributed by atoms with van der Waals surface area (Å²) >= 11 is 12.1. The van der Waals surface area contributed by atoms with E-state index in [2.05, 4.69) is 9.97 Å². The van der Waals surface area contributed by atoms with Crippen LogP contribution in [0, 0.1) is 6.92 Å². The minimum atomic E-state index is 0.476. The number of aryl methyl sites for hydroxylation is 2. The molecule has 2 rings (SSSR count). The highest BCUT2D eigenvalue weighted by Gasteiger charge is 2.12. The normalized spacial score (nSPS) is 10.7. The van der Waals surface area contributed by atoms with Crippen LogP contribution in [0.25, 0.3) is 11.3 Å². The first kappa shape index (κ1) is 13.1. The highest BCUT2D eigenvalue weighted by Crippen LogP contribution is 2.31. The van der Waals surface area contributed by atoms with Gasteiger partial charge >= 0.3 is 0 Å². The molecule has 2 N–H and O–H groups in total. The molecule has 0 saturated heterocycles. The number of nitrogens with two attached hydrogens (primary N) is 1. The molecule has 0 fully saturated rings. The lowest BCUT2D eigenvalue weighted by Crippen LogP contribution is -2.04. The number of aromatic nitrogens is 2. The number of benzene rings is 1. The van der Waals surface area contributed by atoms with Crippen LogP contribution < -0.4 is 5.73 Å². The lowest BCUT2D eigenvalue weighted by Gasteiger charge is -2.10. The molecule has 94 valence electrons. The molecule has 2 aromatic rings. The van der Waals surface area contributed by atoms with Gasteiger partial charge in [0.15, 0.2) is 0 Å². The molecule has 0 aliphatic heterocycles. The van der Waals surface area contributed by atoms with E-state index in [1.54, 1.807) is 12.1 Å². The third-order valence-corrected chi connectivity index (χ3v) is 3.24. The van der Waals surface area contributed by atoms with E-state index in [0.29, 0.717) is 15.9 Å². The summed E-state index contributed by atoms with van der Waals surface area (Å²) in [6, 6.07) is 5.32. The second-order valence-electron chi connectivity index (χ2n) is 3.97. The van der Waals surface area contributed by atoms with Crippen molar-refractivity contribution in [2.24, 2.45) is 0 Å². The van der Waals surface area contributed by atoms with E-state index in [-0.39, 0.29) is 0 Å². The summed E-state index contributed by atoms with van der Waals surface area (Å²) in [6.07, 6.45) is 0.733. The molecule has 1 heterocycles. The van der Waals surface area contributed by atoms with Crippen LogP contribution >= 0.6 is 23.2 Å². The summed E-state index contributed by atoms with van der Waals surface area (Å²) < 4.78 is 0. The Kier molecular flexibility index (Phi) is 3.73. The quantitative estimate of drug-likeness (QED) is 0.908. The summed E-state index contributed by atoms with van der Waals surface area (Å²) in [5.41, 5.74) is 8.92. The van der Waals surface area contributed by atoms with Crippen molar-refractivity contribution < 1.29 is 0 Å². The Balaban J connectivity index is 2.63. The summed E-state index contributed by atoms with van der Waals surface area (Å²) in [7, 11) is 0. The molecule has 0 radical (unpaired) electrons. The fourth-order valence-electron chi connectivity index (χ4n) is 1.77. The van der Waals surface area contributed by atoms with Crippen molar-refractivity contribution >= 4 is 29.0 Å². The van der Waals surface area contributed by atoms with E-state index in [1.807, 2.05) is 19.9 Å². The minimum absolute atomic E-state index is 0.476. The van der Waals surface area contributed by atoms with Crippen molar-refractivity contribution in [1.82, 2.24) is 9.97 Å². The molecule has 0 amide bonds. The first-order valence-corrected chi connectivity index (χ1v) is 6.37. The summed E-state index contributed by atoms with van der Waals surface area (Å²) in [6.45, 7) is 3.85. The molecule has 0 aliphatic carbocycles. The van der Waals surface area contributed by atoms with Gasteiger partial charge in [-0.25, -0.2) is 9.97 Å². The Morgan fingerprint density at radius 2 is 1.94 bits per heavy atom. The van der Waals surface area contributed by atoms with Gasteiger partial charge in [-0.1, -0.05) is 30.1 Å². The number of anilines is 1. The molecular weight excluding hydrogens is 269 g/mol. The Morgan fingerprint density at radius 3 is 2.56 bits per heavy atom. The molecule has 0 saturated carbocycles. The molecule has 1 aromatic carbocycles. The van der Waals surface area contributed by atoms with Crippen molar-refractivity contribution in [3.63, 3.8) is 0 Å². The first-order valence-electron chi connectivity index (χ1n) is 5.61. The van der Waals surface area contributed by atoms with E-state index in [4.69, 9.17) is 28.9 Å². The molecule has 0 spiro atoms. The van der Waals surface area contributed by atoms with Crippen molar-refractivity contribution in [2.45, 2.75) is 20.3 Å². The number of halogens is 2. The fourth-order valence-corrected chi connectivity index (χ4v) is 2.27. The van der Waals surface area contributed by atoms with Crippen LogP contribution in [-0.4, -0.2) is 9.97 Å². The highest BCUT2D eigenvalue weighted by molar-refractivity contribution is 6.36. The van der Waals surface area contributed by atoms with Gasteiger partial charge in [0, 0.05) is 10.6 Å². The van der Waals surface area contributed by atoms with E-state index < -0.39 is 0 Å². The van der Waals surface area contributed by atoms with Crippen LogP contribution in [0.5, 0.6) is 0 Å². The van der Waals surface area contributed by atoms with Gasteiger partial charge in [-0.05, 0) is 31.5 Å². The van der Waals surface area contributed by atoms with Crippen LogP contribution in [-0.2, 0) is 6.42 Å². The van der Waals surface area contributed by atoms with Gasteiger partial charge in [0.1, 0.15) is 5.82 Å². The van der Waals surface area contributed by atoms with E-state index in [1.165, 1.54) is 0 Å². The monoisotopic (exact) mass is 281 g/mol. The van der Waals surface area contributed by atoms with Gasteiger partial charge in [-0.2, -0.15) is 0 Å². The largest absolute Gasteiger partial charge is 0.382 e. The van der Waals surface area contributed by atoms with Crippen molar-refractivity contribution in [1.29, 1.82) is 0 Å². The Hall–Kier alpha value is -1.32. The third-order valence-electron chi connectivity index (χ3n) is 2.69. The smallest absolute Gasteiger partial charge is 0.145 e. The zero-order valence-corrected chi connectivity index (χ0v) is 11.7. The number of nitrogen functional groups attached to an aromatic ring is 1. The van der Waals surface area contributed by atoms with Crippen LogP contribution in [0.3, 0.4) is 0 Å². The van der Waals surface area contributed by atoms with Crippen LogP contribution in [0.15, 0.2) is 18.2 Å². The van der Waals surface area contributed by atoms with Gasteiger partial charge < -0.3 is 5.73 Å². The second-order valence-corrected chi connectivity index (χ2v) is 4.81. The highest BCUT2D eigenvalue weighted by atomic mass is 35.5. The maximum absolute atomic E-state index is 6.19. The van der Waals surface area contributed by atoms with Gasteiger partial charge in [0.2, 0.25) is 0 Å². The summed E-state index contributed by atoms with van der Waals surface area (Å²) in [4.78, 5) is 8.84. The number of rotatable bonds is 2. The molecule has 1 aromatic heterocycles. The Bertz CT molecular complexity index is 597. The average molecular weight is 282 g/mol. The molecule has 5 heteroatoms. The second kappa shape index (κ2) is 5.12. The maximum atomic E-state index is 6.19. The number of nitrogens with zero attached hydrogens (tertiary/aromatic N) is 2. The zero-order valence-electron chi connectivity index (χ0n) is 10.2. The molecular formula is C13H13Cl2N3. The van der Waals surface area contributed by atoms with Gasteiger partial charge in [-0.15, -0.1) is 0 Å². The van der Waals surface area contributed by atoms with Gasteiger partial charge in [0.25, 0.3) is 0 Å². The molecule has 18 heavy (non-hydrogen) atoms. The molecule has 0 unspecified atom stereocenters. The maximum Gasteiger partial charge on any atom is 0.145 e. The van der Waals surface area contributed by atoms with E-state index >= 15 is 0 Å². The Labute approximate surface area is 116 Å². The Morgan fingerprint density at radius 1 is 1.22 bits per heavy atom. The number of hydrogen-bond donors (Lipinski definition) is 1.